The van der Waals surface area contributed by atoms with Gasteiger partial charge in [-0.05, 0) is 43.9 Å². The number of Topliss-reactive ketones (excluding diaryl/α,β-unsaturated/α-hetero) is 1. The number of nitrogens with zero attached hydrogens (tertiary/aromatic N) is 2. The van der Waals surface area contributed by atoms with Crippen LogP contribution in [0.25, 0.3) is 0 Å². The molecule has 1 heterocycles. The van der Waals surface area contributed by atoms with Gasteiger partial charge in [-0.2, -0.15) is 17.5 Å². The maximum absolute atomic E-state index is 14.0. The molecular weight excluding hydrogens is 569 g/mol. The maximum Gasteiger partial charge on any atom is 0.416 e. The second kappa shape index (κ2) is 12.0. The number of piperazine rings is 1. The van der Waals surface area contributed by atoms with Gasteiger partial charge in [0, 0.05) is 56.5 Å². The Morgan fingerprint density at radius 1 is 1.08 bits per heavy atom. The van der Waals surface area contributed by atoms with Crippen LogP contribution in [0, 0.1) is 0 Å². The third kappa shape index (κ3) is 7.32. The second-order valence-corrected chi connectivity index (χ2v) is 11.9. The average molecular weight is 599 g/mol. The zero-order valence-electron chi connectivity index (χ0n) is 20.2. The van der Waals surface area contributed by atoms with E-state index in [1.165, 1.54) is 6.92 Å². The largest absolute Gasteiger partial charge is 0.416 e. The van der Waals surface area contributed by atoms with Gasteiger partial charge in [0.05, 0.1) is 10.6 Å². The minimum Gasteiger partial charge on any atom is -0.295 e. The first-order chi connectivity index (χ1) is 16.6. The minimum absolute atomic E-state index is 0. The number of halogens is 8. The van der Waals surface area contributed by atoms with Crippen LogP contribution in [0.1, 0.15) is 67.8 Å². The third-order valence-corrected chi connectivity index (χ3v) is 9.62. The fourth-order valence-electron chi connectivity index (χ4n) is 4.99. The molecule has 0 N–H and O–H groups in total. The Kier molecular flexibility index (Phi) is 10.4. The third-order valence-electron chi connectivity index (χ3n) is 7.24. The normalized spacial score (nSPS) is 21.7. The molecule has 1 atom stereocenters. The summed E-state index contributed by atoms with van der Waals surface area (Å²) in [5.41, 5.74) is -3.89. The molecule has 37 heavy (non-hydrogen) atoms. The second-order valence-electron chi connectivity index (χ2n) is 9.45. The monoisotopic (exact) mass is 598 g/mol. The van der Waals surface area contributed by atoms with Gasteiger partial charge >= 0.3 is 6.18 Å². The summed E-state index contributed by atoms with van der Waals surface area (Å²) in [5, 5.41) is -0.338. The van der Waals surface area contributed by atoms with E-state index in [0.717, 1.165) is 16.4 Å². The van der Waals surface area contributed by atoms with Gasteiger partial charge in [-0.15, -0.1) is 12.4 Å². The lowest BCUT2D eigenvalue weighted by molar-refractivity contribution is -0.137. The van der Waals surface area contributed by atoms with Crippen LogP contribution in [0.4, 0.5) is 26.3 Å². The summed E-state index contributed by atoms with van der Waals surface area (Å²) < 4.78 is 106. The number of alkyl halides is 6. The molecule has 14 heteroatoms. The summed E-state index contributed by atoms with van der Waals surface area (Å²) in [4.78, 5) is 14.7. The zero-order valence-corrected chi connectivity index (χ0v) is 22.6. The first-order valence-electron chi connectivity index (χ1n) is 11.8. The van der Waals surface area contributed by atoms with E-state index in [4.69, 9.17) is 11.6 Å². The molecule has 1 aromatic carbocycles. The van der Waals surface area contributed by atoms with Crippen molar-refractivity contribution in [3.05, 3.63) is 34.3 Å². The number of benzene rings is 1. The molecule has 0 aromatic heterocycles. The number of ketones is 1. The molecule has 212 valence electrons. The molecule has 1 aliphatic carbocycles. The molecule has 5 nitrogen and oxygen atoms in total. The summed E-state index contributed by atoms with van der Waals surface area (Å²) in [6.07, 6.45) is -5.42. The molecule has 0 spiro atoms. The van der Waals surface area contributed by atoms with Crippen LogP contribution in [0.15, 0.2) is 18.2 Å². The first kappa shape index (κ1) is 32.1. The summed E-state index contributed by atoms with van der Waals surface area (Å²) in [6.45, 7) is 1.81. The molecule has 0 bridgehead atoms. The molecule has 1 aromatic rings. The number of rotatable bonds is 8. The van der Waals surface area contributed by atoms with Gasteiger partial charge < -0.3 is 0 Å². The van der Waals surface area contributed by atoms with Gasteiger partial charge in [-0.1, -0.05) is 18.5 Å². The van der Waals surface area contributed by atoms with E-state index in [1.54, 1.807) is 0 Å². The van der Waals surface area contributed by atoms with Crippen LogP contribution in [0.5, 0.6) is 0 Å². The lowest BCUT2D eigenvalue weighted by Gasteiger charge is -2.51. The van der Waals surface area contributed by atoms with Crippen LogP contribution < -0.4 is 0 Å². The van der Waals surface area contributed by atoms with Crippen molar-refractivity contribution in [2.24, 2.45) is 0 Å². The summed E-state index contributed by atoms with van der Waals surface area (Å²) in [5.74, 6) is -3.35. The van der Waals surface area contributed by atoms with E-state index in [2.05, 4.69) is 0 Å². The van der Waals surface area contributed by atoms with E-state index in [9.17, 15) is 39.6 Å². The van der Waals surface area contributed by atoms with Gasteiger partial charge in [-0.3, -0.25) is 9.69 Å². The molecule has 1 saturated heterocycles. The van der Waals surface area contributed by atoms with Crippen LogP contribution in [0.2, 0.25) is 5.02 Å². The number of carbonyl (C=O) groups is 1. The SMILES string of the molecule is CCC(F)S(=O)(=O)N1CCN(C2(CCC(=O)c3ccc(C(F)(F)F)cc3Cl)CCC(F)(F)CC2)CC1.Cl. The Morgan fingerprint density at radius 2 is 1.65 bits per heavy atom. The van der Waals surface area contributed by atoms with E-state index < -0.39 is 57.4 Å². The van der Waals surface area contributed by atoms with Crippen LogP contribution in [-0.4, -0.2) is 66.6 Å². The number of hydrogen-bond acceptors (Lipinski definition) is 4. The van der Waals surface area contributed by atoms with E-state index in [1.807, 2.05) is 4.90 Å². The van der Waals surface area contributed by atoms with Crippen molar-refractivity contribution in [3.63, 3.8) is 0 Å². The summed E-state index contributed by atoms with van der Waals surface area (Å²) in [6, 6.07) is 2.46. The Balaban J connectivity index is 0.00000481. The highest BCUT2D eigenvalue weighted by Crippen LogP contribution is 2.45. The smallest absolute Gasteiger partial charge is 0.295 e. The van der Waals surface area contributed by atoms with Crippen molar-refractivity contribution in [2.75, 3.05) is 26.2 Å². The van der Waals surface area contributed by atoms with Crippen molar-refractivity contribution >= 4 is 39.8 Å². The van der Waals surface area contributed by atoms with Crippen molar-refractivity contribution in [3.8, 4) is 0 Å². The molecule has 1 saturated carbocycles. The lowest BCUT2D eigenvalue weighted by Crippen LogP contribution is -2.60. The van der Waals surface area contributed by atoms with Crippen molar-refractivity contribution in [1.82, 2.24) is 9.21 Å². The summed E-state index contributed by atoms with van der Waals surface area (Å²) in [7, 11) is -4.11. The van der Waals surface area contributed by atoms with Crippen LogP contribution in [0.3, 0.4) is 0 Å². The standard InChI is InChI=1S/C23H29ClF6N2O3S.ClH/c1-2-20(25)36(34,35)32-13-11-31(12-14-32)21(7-9-22(26,27)10-8-21)6-5-19(33)17-4-3-16(15-18(17)24)23(28,29)30;/h3-4,15,20H,2,5-14H2,1H3;1H. The van der Waals surface area contributed by atoms with Gasteiger partial charge in [-0.25, -0.2) is 21.6 Å². The lowest BCUT2D eigenvalue weighted by atomic mass is 9.74. The molecule has 3 rings (SSSR count). The molecule has 2 fully saturated rings. The van der Waals surface area contributed by atoms with Gasteiger partial charge in [0.25, 0.3) is 0 Å². The van der Waals surface area contributed by atoms with E-state index in [0.29, 0.717) is 6.07 Å². The Hall–Kier alpha value is -1.08. The topological polar surface area (TPSA) is 57.7 Å². The Bertz CT molecular complexity index is 1050. The molecular formula is C23H30Cl2F6N2O3S. The zero-order chi connectivity index (χ0) is 26.9. The number of carbonyl (C=O) groups excluding carboxylic acids is 1. The quantitative estimate of drug-likeness (QED) is 0.259. The highest BCUT2D eigenvalue weighted by atomic mass is 35.5. The van der Waals surface area contributed by atoms with Crippen LogP contribution in [-0.2, 0) is 16.2 Å². The van der Waals surface area contributed by atoms with Gasteiger partial charge in [0.2, 0.25) is 21.4 Å². The average Bonchev–Trinajstić information content (AvgIpc) is 2.82. The van der Waals surface area contributed by atoms with Gasteiger partial charge in [0.1, 0.15) is 0 Å². The highest BCUT2D eigenvalue weighted by molar-refractivity contribution is 7.89. The highest BCUT2D eigenvalue weighted by Gasteiger charge is 2.48. The predicted molar refractivity (Wildman–Crippen MR) is 131 cm³/mol. The number of hydrogen-bond donors (Lipinski definition) is 0. The maximum atomic E-state index is 14.0. The van der Waals surface area contributed by atoms with Crippen molar-refractivity contribution in [2.45, 2.75) is 75.0 Å². The fraction of sp³-hybridized carbons (Fsp3) is 0.696. The van der Waals surface area contributed by atoms with E-state index in [-0.39, 0.29) is 81.3 Å². The Morgan fingerprint density at radius 3 is 2.14 bits per heavy atom. The van der Waals surface area contributed by atoms with Gasteiger partial charge in [0.15, 0.2) is 5.78 Å². The molecule has 0 radical (unpaired) electrons. The summed E-state index contributed by atoms with van der Waals surface area (Å²) >= 11 is 5.95. The molecule has 1 aliphatic heterocycles. The molecule has 0 amide bonds. The first-order valence-corrected chi connectivity index (χ1v) is 13.7. The van der Waals surface area contributed by atoms with E-state index >= 15 is 0 Å². The predicted octanol–water partition coefficient (Wildman–Crippen LogP) is 6.34. The number of sulfonamides is 1. The van der Waals surface area contributed by atoms with Crippen LogP contribution >= 0.6 is 24.0 Å². The van der Waals surface area contributed by atoms with Crippen molar-refractivity contribution in [1.29, 1.82) is 0 Å². The fourth-order valence-corrected chi connectivity index (χ4v) is 6.70. The Labute approximate surface area is 224 Å². The molecule has 2 aliphatic rings. The van der Waals surface area contributed by atoms with Crippen molar-refractivity contribution < 1.29 is 39.6 Å². The minimum atomic E-state index is -4.61. The molecule has 1 unspecified atom stereocenters.